The van der Waals surface area contributed by atoms with Gasteiger partial charge in [0.2, 0.25) is 0 Å². The quantitative estimate of drug-likeness (QED) is 0.620. The molecule has 4 nitrogen and oxygen atoms in total. The Morgan fingerprint density at radius 2 is 1.64 bits per heavy atom. The maximum absolute atomic E-state index is 12.1. The van der Waals surface area contributed by atoms with Crippen LogP contribution in [0.1, 0.15) is 29.2 Å². The van der Waals surface area contributed by atoms with Gasteiger partial charge in [0.05, 0.1) is 5.69 Å². The number of carbonyl (C=O) groups excluding carboxylic acids is 1. The van der Waals surface area contributed by atoms with Crippen molar-refractivity contribution in [3.8, 4) is 11.1 Å². The minimum atomic E-state index is -0.381. The summed E-state index contributed by atoms with van der Waals surface area (Å²) in [6, 6.07) is 22.4. The normalized spacial score (nSPS) is 12.6. The van der Waals surface area contributed by atoms with E-state index < -0.39 is 0 Å². The smallest absolute Gasteiger partial charge is 0.407 e. The summed E-state index contributed by atoms with van der Waals surface area (Å²) >= 11 is 0. The molecular weight excluding hydrogens is 348 g/mol. The molecule has 0 fully saturated rings. The minimum Gasteiger partial charge on any atom is -0.449 e. The Labute approximate surface area is 164 Å². The molecule has 0 saturated heterocycles. The van der Waals surface area contributed by atoms with Crippen LogP contribution in [-0.4, -0.2) is 24.2 Å². The zero-order chi connectivity index (χ0) is 19.2. The molecule has 0 saturated carbocycles. The molecular formula is C24H22N2O2. The molecule has 4 rings (SSSR count). The molecule has 0 unspecified atom stereocenters. The van der Waals surface area contributed by atoms with Crippen molar-refractivity contribution in [3.05, 3.63) is 95.8 Å². The van der Waals surface area contributed by atoms with Crippen LogP contribution in [0.3, 0.4) is 0 Å². The summed E-state index contributed by atoms with van der Waals surface area (Å²) in [4.78, 5) is 16.3. The summed E-state index contributed by atoms with van der Waals surface area (Å²) in [6.07, 6.45) is 6.04. The second kappa shape index (κ2) is 8.53. The van der Waals surface area contributed by atoms with Gasteiger partial charge in [-0.3, -0.25) is 4.98 Å². The molecule has 1 aromatic heterocycles. The van der Waals surface area contributed by atoms with Crippen molar-refractivity contribution in [2.45, 2.75) is 12.3 Å². The molecule has 3 aromatic rings. The zero-order valence-corrected chi connectivity index (χ0v) is 15.5. The molecule has 1 amide bonds. The van der Waals surface area contributed by atoms with E-state index in [4.69, 9.17) is 4.74 Å². The van der Waals surface area contributed by atoms with Crippen LogP contribution in [0.5, 0.6) is 0 Å². The highest BCUT2D eigenvalue weighted by Crippen LogP contribution is 2.44. The van der Waals surface area contributed by atoms with E-state index in [-0.39, 0.29) is 12.0 Å². The second-order valence-corrected chi connectivity index (χ2v) is 6.70. The van der Waals surface area contributed by atoms with Crippen LogP contribution in [0.25, 0.3) is 17.2 Å². The van der Waals surface area contributed by atoms with E-state index >= 15 is 0 Å². The van der Waals surface area contributed by atoms with Crippen molar-refractivity contribution in [3.63, 3.8) is 0 Å². The minimum absolute atomic E-state index is 0.0854. The maximum Gasteiger partial charge on any atom is 0.407 e. The van der Waals surface area contributed by atoms with Crippen LogP contribution in [0.2, 0.25) is 0 Å². The number of nitrogens with zero attached hydrogens (tertiary/aromatic N) is 1. The van der Waals surface area contributed by atoms with Gasteiger partial charge in [-0.05, 0) is 46.9 Å². The molecule has 0 atom stereocenters. The van der Waals surface area contributed by atoms with Crippen LogP contribution in [0.4, 0.5) is 4.79 Å². The number of ether oxygens (including phenoxy) is 1. The molecule has 1 aliphatic carbocycles. The summed E-state index contributed by atoms with van der Waals surface area (Å²) in [5.41, 5.74) is 5.80. The monoisotopic (exact) mass is 370 g/mol. The molecule has 1 N–H and O–H groups in total. The topological polar surface area (TPSA) is 51.2 Å². The van der Waals surface area contributed by atoms with Crippen LogP contribution < -0.4 is 5.32 Å². The molecule has 0 spiro atoms. The summed E-state index contributed by atoms with van der Waals surface area (Å²) < 4.78 is 5.52. The fourth-order valence-corrected chi connectivity index (χ4v) is 3.59. The Bertz CT molecular complexity index is 937. The van der Waals surface area contributed by atoms with Crippen molar-refractivity contribution >= 4 is 12.2 Å². The van der Waals surface area contributed by atoms with Gasteiger partial charge in [-0.15, -0.1) is 0 Å². The third-order valence-electron chi connectivity index (χ3n) is 4.90. The first-order valence-corrected chi connectivity index (χ1v) is 9.49. The van der Waals surface area contributed by atoms with Gasteiger partial charge in [0, 0.05) is 18.7 Å². The number of aromatic nitrogens is 1. The average molecular weight is 370 g/mol. The first-order chi connectivity index (χ1) is 13.8. The molecule has 140 valence electrons. The second-order valence-electron chi connectivity index (χ2n) is 6.70. The van der Waals surface area contributed by atoms with Gasteiger partial charge in [0.1, 0.15) is 6.61 Å². The molecule has 0 aliphatic heterocycles. The van der Waals surface area contributed by atoms with Gasteiger partial charge in [0.25, 0.3) is 0 Å². The predicted molar refractivity (Wildman–Crippen MR) is 111 cm³/mol. The Kier molecular flexibility index (Phi) is 5.48. The Hall–Kier alpha value is -3.40. The van der Waals surface area contributed by atoms with Crippen LogP contribution in [-0.2, 0) is 4.74 Å². The number of hydrogen-bond donors (Lipinski definition) is 1. The van der Waals surface area contributed by atoms with Gasteiger partial charge in [-0.1, -0.05) is 60.7 Å². The first kappa shape index (κ1) is 18.0. The van der Waals surface area contributed by atoms with Crippen LogP contribution >= 0.6 is 0 Å². The van der Waals surface area contributed by atoms with Gasteiger partial charge in [0.15, 0.2) is 0 Å². The molecule has 4 heteroatoms. The largest absolute Gasteiger partial charge is 0.449 e. The predicted octanol–water partition coefficient (Wildman–Crippen LogP) is 5.02. The fourth-order valence-electron chi connectivity index (χ4n) is 3.59. The van der Waals surface area contributed by atoms with Gasteiger partial charge < -0.3 is 10.1 Å². The lowest BCUT2D eigenvalue weighted by molar-refractivity contribution is 0.143. The lowest BCUT2D eigenvalue weighted by atomic mass is 9.98. The van der Waals surface area contributed by atoms with Crippen molar-refractivity contribution in [1.29, 1.82) is 0 Å². The van der Waals surface area contributed by atoms with Crippen molar-refractivity contribution in [2.24, 2.45) is 0 Å². The van der Waals surface area contributed by atoms with Gasteiger partial charge >= 0.3 is 6.09 Å². The highest BCUT2D eigenvalue weighted by Gasteiger charge is 2.28. The lowest BCUT2D eigenvalue weighted by Crippen LogP contribution is -2.26. The van der Waals surface area contributed by atoms with E-state index in [1.807, 2.05) is 54.6 Å². The van der Waals surface area contributed by atoms with E-state index in [1.54, 1.807) is 6.20 Å². The standard InChI is InChI=1S/C24H22N2O2/c27-24(26-16-8-6-10-18-9-5-7-15-25-18)28-17-23-21-13-3-1-11-19(21)20-12-2-4-14-22(20)23/h1-7,9-15,23H,8,16-17H2,(H,26,27). The Morgan fingerprint density at radius 3 is 2.32 bits per heavy atom. The summed E-state index contributed by atoms with van der Waals surface area (Å²) in [5.74, 6) is 0.0854. The van der Waals surface area contributed by atoms with Gasteiger partial charge in [-0.25, -0.2) is 4.79 Å². The molecule has 1 heterocycles. The number of carbonyl (C=O) groups is 1. The van der Waals surface area contributed by atoms with E-state index in [0.29, 0.717) is 13.2 Å². The number of fused-ring (bicyclic) bond motifs is 3. The number of pyridine rings is 1. The van der Waals surface area contributed by atoms with Gasteiger partial charge in [-0.2, -0.15) is 0 Å². The molecule has 0 bridgehead atoms. The maximum atomic E-state index is 12.1. The Morgan fingerprint density at radius 1 is 0.964 bits per heavy atom. The Balaban J connectivity index is 1.29. The molecule has 2 aromatic carbocycles. The molecule has 1 aliphatic rings. The number of hydrogen-bond acceptors (Lipinski definition) is 3. The van der Waals surface area contributed by atoms with E-state index in [2.05, 4.69) is 34.6 Å². The highest BCUT2D eigenvalue weighted by molar-refractivity contribution is 5.79. The van der Waals surface area contributed by atoms with E-state index in [1.165, 1.54) is 22.3 Å². The number of amides is 1. The van der Waals surface area contributed by atoms with Crippen molar-refractivity contribution in [1.82, 2.24) is 10.3 Å². The highest BCUT2D eigenvalue weighted by atomic mass is 16.5. The van der Waals surface area contributed by atoms with Crippen LogP contribution in [0.15, 0.2) is 79.0 Å². The number of nitrogens with one attached hydrogen (secondary N) is 1. The zero-order valence-electron chi connectivity index (χ0n) is 15.5. The molecule has 0 radical (unpaired) electrons. The van der Waals surface area contributed by atoms with Crippen molar-refractivity contribution in [2.75, 3.05) is 13.2 Å². The summed E-state index contributed by atoms with van der Waals surface area (Å²) in [6.45, 7) is 0.865. The average Bonchev–Trinajstić information content (AvgIpc) is 3.07. The van der Waals surface area contributed by atoms with Crippen molar-refractivity contribution < 1.29 is 9.53 Å². The number of benzene rings is 2. The van der Waals surface area contributed by atoms with E-state index in [9.17, 15) is 4.79 Å². The number of alkyl carbamates (subject to hydrolysis) is 1. The van der Waals surface area contributed by atoms with E-state index in [0.717, 1.165) is 12.1 Å². The third kappa shape index (κ3) is 3.96. The number of rotatable bonds is 6. The lowest BCUT2D eigenvalue weighted by Gasteiger charge is -2.14. The fraction of sp³-hybridized carbons (Fsp3) is 0.167. The SMILES string of the molecule is O=C(NCCC=Cc1ccccn1)OCC1c2ccccc2-c2ccccc21. The van der Waals surface area contributed by atoms with Crippen LogP contribution in [0, 0.1) is 0 Å². The third-order valence-corrected chi connectivity index (χ3v) is 4.90. The first-order valence-electron chi connectivity index (χ1n) is 9.49. The molecule has 28 heavy (non-hydrogen) atoms. The summed E-state index contributed by atoms with van der Waals surface area (Å²) in [5, 5.41) is 2.81. The summed E-state index contributed by atoms with van der Waals surface area (Å²) in [7, 11) is 0.